The molecule has 0 aromatic heterocycles. The molecule has 13 heavy (non-hydrogen) atoms. The molecule has 1 atom stereocenters. The van der Waals surface area contributed by atoms with Gasteiger partial charge in [-0.1, -0.05) is 6.07 Å². The predicted molar refractivity (Wildman–Crippen MR) is 46.8 cm³/mol. The number of hydrogen-bond acceptors (Lipinski definition) is 2. The standard InChI is InChI=1S/C10H10O3/c11-7-3-1-6-2-4-8(10(12)13)9(6)5-7/h1,3,5,8,11H,2,4H2,(H,12,13)/t8-/m1/s1. The summed E-state index contributed by atoms with van der Waals surface area (Å²) in [7, 11) is 0. The Morgan fingerprint density at radius 3 is 2.92 bits per heavy atom. The van der Waals surface area contributed by atoms with Gasteiger partial charge in [-0.3, -0.25) is 4.79 Å². The number of carbonyl (C=O) groups is 1. The van der Waals surface area contributed by atoms with Crippen LogP contribution in [0.5, 0.6) is 5.75 Å². The Balaban J connectivity index is 2.46. The Morgan fingerprint density at radius 2 is 2.23 bits per heavy atom. The van der Waals surface area contributed by atoms with Crippen molar-refractivity contribution in [3.8, 4) is 5.75 Å². The van der Waals surface area contributed by atoms with Crippen molar-refractivity contribution in [2.45, 2.75) is 18.8 Å². The van der Waals surface area contributed by atoms with Gasteiger partial charge in [-0.2, -0.15) is 0 Å². The summed E-state index contributed by atoms with van der Waals surface area (Å²) in [6.07, 6.45) is 1.45. The minimum atomic E-state index is -0.802. The molecule has 1 aromatic carbocycles. The third-order valence-corrected chi connectivity index (χ3v) is 2.51. The van der Waals surface area contributed by atoms with Crippen LogP contribution in [0.3, 0.4) is 0 Å². The summed E-state index contributed by atoms with van der Waals surface area (Å²) >= 11 is 0. The number of aryl methyl sites for hydroxylation is 1. The summed E-state index contributed by atoms with van der Waals surface area (Å²) in [5.41, 5.74) is 1.82. The van der Waals surface area contributed by atoms with Crippen LogP contribution in [0.1, 0.15) is 23.5 Å². The van der Waals surface area contributed by atoms with E-state index in [2.05, 4.69) is 0 Å². The Kier molecular flexibility index (Phi) is 1.72. The second-order valence-electron chi connectivity index (χ2n) is 3.31. The molecule has 0 fully saturated rings. The fraction of sp³-hybridized carbons (Fsp3) is 0.300. The van der Waals surface area contributed by atoms with E-state index in [4.69, 9.17) is 5.11 Å². The number of fused-ring (bicyclic) bond motifs is 1. The maximum atomic E-state index is 10.8. The van der Waals surface area contributed by atoms with Gasteiger partial charge in [0.25, 0.3) is 0 Å². The second kappa shape index (κ2) is 2.76. The van der Waals surface area contributed by atoms with Crippen molar-refractivity contribution in [1.29, 1.82) is 0 Å². The first-order chi connectivity index (χ1) is 6.18. The molecule has 68 valence electrons. The van der Waals surface area contributed by atoms with Crippen molar-refractivity contribution in [3.63, 3.8) is 0 Å². The number of hydrogen-bond donors (Lipinski definition) is 2. The zero-order valence-corrected chi connectivity index (χ0v) is 7.03. The van der Waals surface area contributed by atoms with Crippen LogP contribution in [-0.4, -0.2) is 16.2 Å². The van der Waals surface area contributed by atoms with Crippen LogP contribution in [0.2, 0.25) is 0 Å². The van der Waals surface area contributed by atoms with Gasteiger partial charge in [0.05, 0.1) is 5.92 Å². The molecule has 0 saturated heterocycles. The molecule has 2 N–H and O–H groups in total. The van der Waals surface area contributed by atoms with Crippen molar-refractivity contribution >= 4 is 5.97 Å². The maximum absolute atomic E-state index is 10.8. The van der Waals surface area contributed by atoms with E-state index >= 15 is 0 Å². The monoisotopic (exact) mass is 178 g/mol. The molecule has 0 radical (unpaired) electrons. The quantitative estimate of drug-likeness (QED) is 0.685. The van der Waals surface area contributed by atoms with Crippen molar-refractivity contribution in [3.05, 3.63) is 29.3 Å². The van der Waals surface area contributed by atoms with Crippen LogP contribution < -0.4 is 0 Å². The summed E-state index contributed by atoms with van der Waals surface area (Å²) < 4.78 is 0. The highest BCUT2D eigenvalue weighted by Crippen LogP contribution is 2.35. The van der Waals surface area contributed by atoms with Crippen LogP contribution >= 0.6 is 0 Å². The number of benzene rings is 1. The summed E-state index contributed by atoms with van der Waals surface area (Å²) in [6.45, 7) is 0. The van der Waals surface area contributed by atoms with E-state index in [1.54, 1.807) is 18.2 Å². The van der Waals surface area contributed by atoms with Gasteiger partial charge < -0.3 is 10.2 Å². The molecule has 0 aliphatic heterocycles. The van der Waals surface area contributed by atoms with Gasteiger partial charge >= 0.3 is 5.97 Å². The first-order valence-corrected chi connectivity index (χ1v) is 4.23. The topological polar surface area (TPSA) is 57.5 Å². The number of carboxylic acid groups (broad SMARTS) is 1. The predicted octanol–water partition coefficient (Wildman–Crippen LogP) is 1.51. The smallest absolute Gasteiger partial charge is 0.310 e. The molecule has 0 bridgehead atoms. The number of phenols is 1. The molecule has 1 aliphatic carbocycles. The second-order valence-corrected chi connectivity index (χ2v) is 3.31. The minimum absolute atomic E-state index is 0.145. The molecule has 0 saturated carbocycles. The van der Waals surface area contributed by atoms with E-state index < -0.39 is 11.9 Å². The molecule has 0 heterocycles. The maximum Gasteiger partial charge on any atom is 0.310 e. The SMILES string of the molecule is O=C(O)[C@@H]1CCc2ccc(O)cc21. The Labute approximate surface area is 75.6 Å². The van der Waals surface area contributed by atoms with Gasteiger partial charge in [0.1, 0.15) is 5.75 Å². The van der Waals surface area contributed by atoms with Gasteiger partial charge in [0.2, 0.25) is 0 Å². The number of rotatable bonds is 1. The van der Waals surface area contributed by atoms with Gasteiger partial charge in [-0.25, -0.2) is 0 Å². The van der Waals surface area contributed by atoms with Crippen LogP contribution in [0.4, 0.5) is 0 Å². The van der Waals surface area contributed by atoms with E-state index in [1.165, 1.54) is 0 Å². The van der Waals surface area contributed by atoms with Crippen LogP contribution in [0.15, 0.2) is 18.2 Å². The lowest BCUT2D eigenvalue weighted by atomic mass is 10.0. The number of carboxylic acids is 1. The lowest BCUT2D eigenvalue weighted by Crippen LogP contribution is -2.07. The molecule has 3 heteroatoms. The molecular formula is C10H10O3. The molecule has 0 spiro atoms. The summed E-state index contributed by atoms with van der Waals surface area (Å²) in [4.78, 5) is 10.8. The zero-order valence-electron chi connectivity index (χ0n) is 7.03. The molecule has 2 rings (SSSR count). The number of aromatic hydroxyl groups is 1. The van der Waals surface area contributed by atoms with Crippen LogP contribution in [-0.2, 0) is 11.2 Å². The Morgan fingerprint density at radius 1 is 1.46 bits per heavy atom. The molecule has 1 aromatic rings. The lowest BCUT2D eigenvalue weighted by Gasteiger charge is -2.05. The summed E-state index contributed by atoms with van der Waals surface area (Å²) in [5.74, 6) is -1.08. The molecule has 0 amide bonds. The van der Waals surface area contributed by atoms with Crippen molar-refractivity contribution in [2.24, 2.45) is 0 Å². The van der Waals surface area contributed by atoms with E-state index in [0.29, 0.717) is 6.42 Å². The molecule has 0 unspecified atom stereocenters. The molecule has 1 aliphatic rings. The first-order valence-electron chi connectivity index (χ1n) is 4.23. The first kappa shape index (κ1) is 8.10. The normalized spacial score (nSPS) is 19.8. The average molecular weight is 178 g/mol. The highest BCUT2D eigenvalue weighted by Gasteiger charge is 2.28. The van der Waals surface area contributed by atoms with E-state index in [1.807, 2.05) is 0 Å². The number of phenolic OH excluding ortho intramolecular Hbond substituents is 1. The van der Waals surface area contributed by atoms with Crippen LogP contribution in [0.25, 0.3) is 0 Å². The van der Waals surface area contributed by atoms with Crippen LogP contribution in [0, 0.1) is 0 Å². The zero-order chi connectivity index (χ0) is 9.42. The third-order valence-electron chi connectivity index (χ3n) is 2.51. The largest absolute Gasteiger partial charge is 0.508 e. The van der Waals surface area contributed by atoms with E-state index in [0.717, 1.165) is 17.5 Å². The fourth-order valence-electron chi connectivity index (χ4n) is 1.85. The molecule has 3 nitrogen and oxygen atoms in total. The minimum Gasteiger partial charge on any atom is -0.508 e. The summed E-state index contributed by atoms with van der Waals surface area (Å²) in [6, 6.07) is 4.96. The van der Waals surface area contributed by atoms with Gasteiger partial charge in [0.15, 0.2) is 0 Å². The van der Waals surface area contributed by atoms with Crippen molar-refractivity contribution < 1.29 is 15.0 Å². The molecular weight excluding hydrogens is 168 g/mol. The average Bonchev–Trinajstić information content (AvgIpc) is 2.46. The number of aliphatic carboxylic acids is 1. The lowest BCUT2D eigenvalue weighted by molar-refractivity contribution is -0.138. The third kappa shape index (κ3) is 1.26. The Hall–Kier alpha value is -1.51. The van der Waals surface area contributed by atoms with Crippen molar-refractivity contribution in [2.75, 3.05) is 0 Å². The van der Waals surface area contributed by atoms with E-state index in [-0.39, 0.29) is 5.75 Å². The van der Waals surface area contributed by atoms with Gasteiger partial charge in [-0.15, -0.1) is 0 Å². The van der Waals surface area contributed by atoms with Gasteiger partial charge in [-0.05, 0) is 36.1 Å². The van der Waals surface area contributed by atoms with E-state index in [9.17, 15) is 9.90 Å². The van der Waals surface area contributed by atoms with Gasteiger partial charge in [0, 0.05) is 0 Å². The highest BCUT2D eigenvalue weighted by molar-refractivity contribution is 5.78. The Bertz CT molecular complexity index is 357. The fourth-order valence-corrected chi connectivity index (χ4v) is 1.85. The van der Waals surface area contributed by atoms with Crippen molar-refractivity contribution in [1.82, 2.24) is 0 Å². The summed E-state index contributed by atoms with van der Waals surface area (Å²) in [5, 5.41) is 18.1. The highest BCUT2D eigenvalue weighted by atomic mass is 16.4.